The van der Waals surface area contributed by atoms with E-state index in [0.29, 0.717) is 13.1 Å². The maximum atomic E-state index is 13.2. The summed E-state index contributed by atoms with van der Waals surface area (Å²) in [5.41, 5.74) is 1.94. The molecule has 0 aromatic heterocycles. The molecule has 0 unspecified atom stereocenters. The maximum absolute atomic E-state index is 13.2. The highest BCUT2D eigenvalue weighted by molar-refractivity contribution is 5.65. The third-order valence-corrected chi connectivity index (χ3v) is 2.74. The van der Waals surface area contributed by atoms with Crippen LogP contribution in [0.1, 0.15) is 20.3 Å². The Balaban J connectivity index is 2.63. The summed E-state index contributed by atoms with van der Waals surface area (Å²) < 4.78 is 13.2. The van der Waals surface area contributed by atoms with Gasteiger partial charge in [-0.05, 0) is 31.1 Å². The van der Waals surface area contributed by atoms with Gasteiger partial charge in [-0.3, -0.25) is 9.79 Å². The average Bonchev–Trinajstić information content (AvgIpc) is 2.57. The highest BCUT2D eigenvalue weighted by Crippen LogP contribution is 2.19. The topological polar surface area (TPSA) is 32.7 Å². The Morgan fingerprint density at radius 2 is 2.26 bits per heavy atom. The predicted octanol–water partition coefficient (Wildman–Crippen LogP) is 3.18. The van der Waals surface area contributed by atoms with Gasteiger partial charge in [0.15, 0.2) is 0 Å². The molecule has 102 valence electrons. The molecule has 1 amide bonds. The number of amides is 1. The van der Waals surface area contributed by atoms with Gasteiger partial charge in [-0.1, -0.05) is 18.2 Å². The molecule has 0 N–H and O–H groups in total. The van der Waals surface area contributed by atoms with Crippen molar-refractivity contribution in [2.75, 3.05) is 13.1 Å². The van der Waals surface area contributed by atoms with Gasteiger partial charge >= 0.3 is 0 Å². The third kappa shape index (κ3) is 5.46. The highest BCUT2D eigenvalue weighted by Gasteiger charge is 2.08. The predicted molar refractivity (Wildman–Crippen MR) is 76.6 cm³/mol. The van der Waals surface area contributed by atoms with Crippen molar-refractivity contribution in [2.24, 2.45) is 4.99 Å². The molecule has 0 fully saturated rings. The molecule has 0 bridgehead atoms. The Morgan fingerprint density at radius 3 is 2.95 bits per heavy atom. The molecule has 0 aromatic carbocycles. The van der Waals surface area contributed by atoms with Gasteiger partial charge in [0.05, 0.1) is 6.54 Å². The lowest BCUT2D eigenvalue weighted by Gasteiger charge is -2.17. The van der Waals surface area contributed by atoms with Crippen LogP contribution < -0.4 is 0 Å². The Morgan fingerprint density at radius 1 is 1.47 bits per heavy atom. The van der Waals surface area contributed by atoms with E-state index >= 15 is 0 Å². The quantitative estimate of drug-likeness (QED) is 0.534. The van der Waals surface area contributed by atoms with Crippen LogP contribution in [0.2, 0.25) is 0 Å². The van der Waals surface area contributed by atoms with Crippen molar-refractivity contribution in [3.63, 3.8) is 0 Å². The third-order valence-electron chi connectivity index (χ3n) is 2.74. The molecule has 0 aliphatic heterocycles. The molecule has 1 rings (SSSR count). The van der Waals surface area contributed by atoms with E-state index in [2.05, 4.69) is 4.99 Å². The van der Waals surface area contributed by atoms with E-state index in [4.69, 9.17) is 0 Å². The minimum Gasteiger partial charge on any atom is -0.336 e. The van der Waals surface area contributed by atoms with E-state index in [0.717, 1.165) is 17.6 Å². The fraction of sp³-hybridized carbons (Fsp3) is 0.333. The smallest absolute Gasteiger partial charge is 0.210 e. The number of allylic oxidation sites excluding steroid dienone is 5. The van der Waals surface area contributed by atoms with Crippen LogP contribution in [0.3, 0.4) is 0 Å². The van der Waals surface area contributed by atoms with Crippen LogP contribution in [0.25, 0.3) is 0 Å². The van der Waals surface area contributed by atoms with Crippen molar-refractivity contribution in [1.29, 1.82) is 0 Å². The summed E-state index contributed by atoms with van der Waals surface area (Å²) in [6.45, 7) is 4.70. The normalized spacial score (nSPS) is 16.1. The van der Waals surface area contributed by atoms with E-state index in [1.165, 1.54) is 6.08 Å². The summed E-state index contributed by atoms with van der Waals surface area (Å²) in [5.74, 6) is -0.165. The second kappa shape index (κ2) is 8.19. The number of carbonyl (C=O) groups is 1. The van der Waals surface area contributed by atoms with E-state index in [1.807, 2.05) is 26.0 Å². The highest BCUT2D eigenvalue weighted by atomic mass is 19.1. The number of nitrogens with zero attached hydrogens (tertiary/aromatic N) is 2. The van der Waals surface area contributed by atoms with Crippen LogP contribution in [0.15, 0.2) is 52.5 Å². The molecule has 0 radical (unpaired) electrons. The minimum atomic E-state index is -0.165. The second-order valence-electron chi connectivity index (χ2n) is 4.25. The molecule has 1 aliphatic rings. The van der Waals surface area contributed by atoms with Crippen LogP contribution in [0, 0.1) is 0 Å². The van der Waals surface area contributed by atoms with Crippen LogP contribution in [0.4, 0.5) is 4.39 Å². The molecule has 1 aliphatic carbocycles. The Bertz CT molecular complexity index is 459. The summed E-state index contributed by atoms with van der Waals surface area (Å²) in [6.07, 6.45) is 11.2. The summed E-state index contributed by atoms with van der Waals surface area (Å²) in [7, 11) is 0. The molecule has 0 aromatic rings. The van der Waals surface area contributed by atoms with Gasteiger partial charge in [-0.2, -0.15) is 0 Å². The SMILES string of the molecule is C/C=C\N=C/CN(C=O)CC1=CCC(F)=CC=C1C. The zero-order valence-corrected chi connectivity index (χ0v) is 11.3. The molecule has 0 heterocycles. The zero-order chi connectivity index (χ0) is 14.1. The number of rotatable bonds is 6. The number of aliphatic imine (C=N–C) groups is 1. The van der Waals surface area contributed by atoms with E-state index < -0.39 is 0 Å². The van der Waals surface area contributed by atoms with Crippen LogP contribution in [0.5, 0.6) is 0 Å². The largest absolute Gasteiger partial charge is 0.336 e. The number of carbonyl (C=O) groups excluding carboxylic acids is 1. The molecular formula is C15H19FN2O. The first kappa shape index (κ1) is 15.1. The molecule has 4 heteroatoms. The monoisotopic (exact) mass is 262 g/mol. The van der Waals surface area contributed by atoms with Crippen LogP contribution in [-0.2, 0) is 4.79 Å². The lowest BCUT2D eigenvalue weighted by Crippen LogP contribution is -2.26. The molecule has 0 atom stereocenters. The van der Waals surface area contributed by atoms with E-state index in [-0.39, 0.29) is 12.2 Å². The van der Waals surface area contributed by atoms with Crippen molar-refractivity contribution < 1.29 is 9.18 Å². The zero-order valence-electron chi connectivity index (χ0n) is 11.3. The summed E-state index contributed by atoms with van der Waals surface area (Å²) in [6, 6.07) is 0. The van der Waals surface area contributed by atoms with E-state index in [9.17, 15) is 9.18 Å². The maximum Gasteiger partial charge on any atom is 0.210 e. The molecule has 0 saturated carbocycles. The van der Waals surface area contributed by atoms with Gasteiger partial charge in [-0.15, -0.1) is 0 Å². The van der Waals surface area contributed by atoms with Gasteiger partial charge in [0.2, 0.25) is 6.41 Å². The van der Waals surface area contributed by atoms with Crippen LogP contribution in [-0.4, -0.2) is 30.6 Å². The standard InChI is InChI=1S/C15H19FN2O/c1-3-8-17-9-10-18(12-19)11-14-5-7-15(16)6-4-13(14)2/h3-6,8-9,12H,7,10-11H2,1-2H3/b8-3-,17-9-. The van der Waals surface area contributed by atoms with Gasteiger partial charge in [0.1, 0.15) is 5.83 Å². The Labute approximate surface area is 113 Å². The molecule has 0 spiro atoms. The van der Waals surface area contributed by atoms with Gasteiger partial charge in [-0.25, -0.2) is 4.39 Å². The number of hydrogen-bond donors (Lipinski definition) is 0. The van der Waals surface area contributed by atoms with Crippen molar-refractivity contribution >= 4 is 12.6 Å². The summed E-state index contributed by atoms with van der Waals surface area (Å²) >= 11 is 0. The van der Waals surface area contributed by atoms with Gasteiger partial charge in [0, 0.05) is 25.4 Å². The molecular weight excluding hydrogens is 243 g/mol. The van der Waals surface area contributed by atoms with Gasteiger partial charge < -0.3 is 4.90 Å². The first-order valence-electron chi connectivity index (χ1n) is 6.22. The van der Waals surface area contributed by atoms with Crippen molar-refractivity contribution in [3.05, 3.63) is 47.5 Å². The Kier molecular flexibility index (Phi) is 6.50. The lowest BCUT2D eigenvalue weighted by atomic mass is 10.1. The summed E-state index contributed by atoms with van der Waals surface area (Å²) in [4.78, 5) is 16.6. The molecule has 0 saturated heterocycles. The number of hydrogen-bond acceptors (Lipinski definition) is 2. The fourth-order valence-electron chi connectivity index (χ4n) is 1.62. The second-order valence-corrected chi connectivity index (χ2v) is 4.25. The van der Waals surface area contributed by atoms with Gasteiger partial charge in [0.25, 0.3) is 0 Å². The van der Waals surface area contributed by atoms with E-state index in [1.54, 1.807) is 23.4 Å². The summed E-state index contributed by atoms with van der Waals surface area (Å²) in [5, 5.41) is 0. The molecule has 3 nitrogen and oxygen atoms in total. The Hall–Kier alpha value is -1.97. The number of halogens is 1. The first-order chi connectivity index (χ1) is 9.17. The average molecular weight is 262 g/mol. The van der Waals surface area contributed by atoms with Crippen LogP contribution >= 0.6 is 0 Å². The molecule has 19 heavy (non-hydrogen) atoms. The first-order valence-corrected chi connectivity index (χ1v) is 6.22. The van der Waals surface area contributed by atoms with Crippen molar-refractivity contribution in [2.45, 2.75) is 20.3 Å². The fourth-order valence-corrected chi connectivity index (χ4v) is 1.62. The lowest BCUT2D eigenvalue weighted by molar-refractivity contribution is -0.117. The van der Waals surface area contributed by atoms with Crippen molar-refractivity contribution in [1.82, 2.24) is 4.90 Å². The van der Waals surface area contributed by atoms with Crippen molar-refractivity contribution in [3.8, 4) is 0 Å². The minimum absolute atomic E-state index is 0.165.